The van der Waals surface area contributed by atoms with Crippen LogP contribution in [0.2, 0.25) is 0 Å². The molecule has 1 fully saturated rings. The van der Waals surface area contributed by atoms with E-state index in [4.69, 9.17) is 0 Å². The number of ketones is 1. The molecule has 21 heavy (non-hydrogen) atoms. The second kappa shape index (κ2) is 4.19. The molecule has 0 aliphatic heterocycles. The van der Waals surface area contributed by atoms with Crippen LogP contribution in [0.1, 0.15) is 52.4 Å². The summed E-state index contributed by atoms with van der Waals surface area (Å²) < 4.78 is 0. The molecule has 0 spiro atoms. The highest BCUT2D eigenvalue weighted by Gasteiger charge is 2.56. The molecule has 4 atom stereocenters. The molecule has 1 saturated carbocycles. The van der Waals surface area contributed by atoms with E-state index in [1.807, 2.05) is 13.0 Å². The molecule has 112 valence electrons. The maximum absolute atomic E-state index is 11.6. The van der Waals surface area contributed by atoms with Crippen molar-refractivity contribution in [2.45, 2.75) is 58.0 Å². The SMILES string of the molecule is CC12C=CC3=C4CCC(=O)C=C4CCC3C1CC[C@]2(C)O. The number of allylic oxidation sites excluding steroid dienone is 5. The zero-order valence-electron chi connectivity index (χ0n) is 13.0. The molecule has 0 heterocycles. The van der Waals surface area contributed by atoms with Gasteiger partial charge >= 0.3 is 0 Å². The monoisotopic (exact) mass is 284 g/mol. The summed E-state index contributed by atoms with van der Waals surface area (Å²) >= 11 is 0. The zero-order chi connectivity index (χ0) is 14.8. The van der Waals surface area contributed by atoms with Crippen LogP contribution in [0.5, 0.6) is 0 Å². The van der Waals surface area contributed by atoms with Gasteiger partial charge in [0.15, 0.2) is 5.78 Å². The fraction of sp³-hybridized carbons (Fsp3) is 0.632. The van der Waals surface area contributed by atoms with E-state index in [2.05, 4.69) is 19.1 Å². The van der Waals surface area contributed by atoms with Gasteiger partial charge in [-0.05, 0) is 73.7 Å². The van der Waals surface area contributed by atoms with Crippen LogP contribution in [0, 0.1) is 17.3 Å². The molecule has 4 rings (SSSR count). The predicted octanol–water partition coefficient (Wildman–Crippen LogP) is 3.72. The Bertz CT molecular complexity index is 605. The lowest BCUT2D eigenvalue weighted by Crippen LogP contribution is -2.45. The number of aliphatic hydroxyl groups is 1. The lowest BCUT2D eigenvalue weighted by molar-refractivity contribution is -0.114. The van der Waals surface area contributed by atoms with Gasteiger partial charge in [-0.3, -0.25) is 4.79 Å². The summed E-state index contributed by atoms with van der Waals surface area (Å²) in [6, 6.07) is 0. The molecule has 4 aliphatic rings. The van der Waals surface area contributed by atoms with E-state index in [0.717, 1.165) is 32.1 Å². The Hall–Kier alpha value is -1.15. The minimum Gasteiger partial charge on any atom is -0.389 e. The Morgan fingerprint density at radius 1 is 1.19 bits per heavy atom. The van der Waals surface area contributed by atoms with Gasteiger partial charge in [0.1, 0.15) is 0 Å². The lowest BCUT2D eigenvalue weighted by atomic mass is 9.58. The molecule has 0 amide bonds. The van der Waals surface area contributed by atoms with E-state index in [-0.39, 0.29) is 5.41 Å². The Balaban J connectivity index is 1.83. The molecule has 2 heteroatoms. The molecule has 0 aromatic carbocycles. The van der Waals surface area contributed by atoms with Crippen molar-refractivity contribution < 1.29 is 9.90 Å². The third kappa shape index (κ3) is 1.72. The fourth-order valence-corrected chi connectivity index (χ4v) is 5.24. The second-order valence-corrected chi connectivity index (χ2v) is 7.75. The summed E-state index contributed by atoms with van der Waals surface area (Å²) in [7, 11) is 0. The van der Waals surface area contributed by atoms with Crippen molar-refractivity contribution in [2.24, 2.45) is 17.3 Å². The van der Waals surface area contributed by atoms with Gasteiger partial charge in [-0.1, -0.05) is 19.1 Å². The van der Waals surface area contributed by atoms with Gasteiger partial charge in [-0.15, -0.1) is 0 Å². The number of carbonyl (C=O) groups is 1. The molecule has 4 aliphatic carbocycles. The van der Waals surface area contributed by atoms with Crippen molar-refractivity contribution in [1.82, 2.24) is 0 Å². The molecule has 2 nitrogen and oxygen atoms in total. The van der Waals surface area contributed by atoms with Crippen molar-refractivity contribution in [3.05, 3.63) is 34.9 Å². The number of fused-ring (bicyclic) bond motifs is 4. The van der Waals surface area contributed by atoms with Crippen LogP contribution in [0.15, 0.2) is 34.9 Å². The maximum atomic E-state index is 11.6. The number of carbonyl (C=O) groups excluding carboxylic acids is 1. The molecule has 0 aromatic rings. The van der Waals surface area contributed by atoms with Crippen LogP contribution in [0.25, 0.3) is 0 Å². The molecular formula is C19H24O2. The molecule has 0 aromatic heterocycles. The molecule has 0 bridgehead atoms. The summed E-state index contributed by atoms with van der Waals surface area (Å²) in [6.45, 7) is 4.24. The van der Waals surface area contributed by atoms with Gasteiger partial charge in [-0.2, -0.15) is 0 Å². The van der Waals surface area contributed by atoms with Crippen LogP contribution in [-0.4, -0.2) is 16.5 Å². The van der Waals surface area contributed by atoms with Crippen molar-refractivity contribution in [1.29, 1.82) is 0 Å². The average Bonchev–Trinajstić information content (AvgIpc) is 2.69. The standard InChI is InChI=1S/C19H24O2/c1-18-9-7-15-14-6-4-13(20)11-12(14)3-5-16(15)17(18)8-10-19(18,2)21/h7,9,11,16-17,21H,3-6,8,10H2,1-2H3/t16?,17?,18?,19-/m0/s1. The van der Waals surface area contributed by atoms with E-state index in [9.17, 15) is 9.90 Å². The molecule has 0 radical (unpaired) electrons. The van der Waals surface area contributed by atoms with Crippen molar-refractivity contribution >= 4 is 5.78 Å². The van der Waals surface area contributed by atoms with Crippen molar-refractivity contribution in [3.63, 3.8) is 0 Å². The lowest BCUT2D eigenvalue weighted by Gasteiger charge is -2.47. The fourth-order valence-electron chi connectivity index (χ4n) is 5.24. The third-order valence-electron chi connectivity index (χ3n) is 6.78. The Kier molecular flexibility index (Phi) is 2.70. The normalized spacial score (nSPS) is 45.1. The zero-order valence-corrected chi connectivity index (χ0v) is 13.0. The minimum atomic E-state index is -0.580. The summed E-state index contributed by atoms with van der Waals surface area (Å²) in [5, 5.41) is 10.8. The van der Waals surface area contributed by atoms with E-state index >= 15 is 0 Å². The average molecular weight is 284 g/mol. The second-order valence-electron chi connectivity index (χ2n) is 7.75. The van der Waals surface area contributed by atoms with Gasteiger partial charge in [-0.25, -0.2) is 0 Å². The first-order valence-corrected chi connectivity index (χ1v) is 8.31. The third-order valence-corrected chi connectivity index (χ3v) is 6.78. The van der Waals surface area contributed by atoms with Crippen LogP contribution >= 0.6 is 0 Å². The summed E-state index contributed by atoms with van der Waals surface area (Å²) in [5.41, 5.74) is 3.53. The van der Waals surface area contributed by atoms with Crippen molar-refractivity contribution in [3.8, 4) is 0 Å². The largest absolute Gasteiger partial charge is 0.389 e. The maximum Gasteiger partial charge on any atom is 0.156 e. The first-order chi connectivity index (χ1) is 9.92. The van der Waals surface area contributed by atoms with Crippen LogP contribution in [-0.2, 0) is 4.79 Å². The highest BCUT2D eigenvalue weighted by molar-refractivity contribution is 5.93. The summed E-state index contributed by atoms with van der Waals surface area (Å²) in [6.07, 6.45) is 12.2. The first kappa shape index (κ1) is 13.5. The predicted molar refractivity (Wildman–Crippen MR) is 82.7 cm³/mol. The van der Waals surface area contributed by atoms with Gasteiger partial charge in [0.25, 0.3) is 0 Å². The highest BCUT2D eigenvalue weighted by atomic mass is 16.3. The van der Waals surface area contributed by atoms with Gasteiger partial charge in [0.2, 0.25) is 0 Å². The van der Waals surface area contributed by atoms with Crippen LogP contribution < -0.4 is 0 Å². The Morgan fingerprint density at radius 3 is 2.81 bits per heavy atom. The highest BCUT2D eigenvalue weighted by Crippen LogP contribution is 2.60. The number of hydrogen-bond acceptors (Lipinski definition) is 2. The first-order valence-electron chi connectivity index (χ1n) is 8.31. The van der Waals surface area contributed by atoms with E-state index in [1.165, 1.54) is 16.7 Å². The quantitative estimate of drug-likeness (QED) is 0.736. The van der Waals surface area contributed by atoms with Gasteiger partial charge in [0.05, 0.1) is 5.60 Å². The molecule has 1 N–H and O–H groups in total. The van der Waals surface area contributed by atoms with Gasteiger partial charge < -0.3 is 5.11 Å². The topological polar surface area (TPSA) is 37.3 Å². The summed E-state index contributed by atoms with van der Waals surface area (Å²) in [5.74, 6) is 1.43. The number of rotatable bonds is 0. The minimum absolute atomic E-state index is 0.0899. The van der Waals surface area contributed by atoms with E-state index in [0.29, 0.717) is 24.0 Å². The molecule has 0 saturated heterocycles. The smallest absolute Gasteiger partial charge is 0.156 e. The Labute approximate surface area is 126 Å². The van der Waals surface area contributed by atoms with Crippen molar-refractivity contribution in [2.75, 3.05) is 0 Å². The van der Waals surface area contributed by atoms with Crippen LogP contribution in [0.3, 0.4) is 0 Å². The summed E-state index contributed by atoms with van der Waals surface area (Å²) in [4.78, 5) is 11.6. The molecular weight excluding hydrogens is 260 g/mol. The Morgan fingerprint density at radius 2 is 2.00 bits per heavy atom. The van der Waals surface area contributed by atoms with E-state index < -0.39 is 5.60 Å². The van der Waals surface area contributed by atoms with Crippen LogP contribution in [0.4, 0.5) is 0 Å². The number of hydrogen-bond donors (Lipinski definition) is 1. The van der Waals surface area contributed by atoms with Gasteiger partial charge in [0, 0.05) is 11.8 Å². The van der Waals surface area contributed by atoms with E-state index in [1.54, 1.807) is 0 Å². The molecule has 3 unspecified atom stereocenters.